The molecule has 0 atom stereocenters. The second kappa shape index (κ2) is 6.65. The third-order valence-electron chi connectivity index (χ3n) is 4.10. The van der Waals surface area contributed by atoms with E-state index in [2.05, 4.69) is 15.9 Å². The van der Waals surface area contributed by atoms with Crippen molar-refractivity contribution in [2.45, 2.75) is 12.8 Å². The van der Waals surface area contributed by atoms with Crippen LogP contribution >= 0.6 is 15.9 Å². The number of halogens is 1. The number of nitrogens with zero attached hydrogens (tertiary/aromatic N) is 2. The molecule has 1 heterocycles. The van der Waals surface area contributed by atoms with Crippen LogP contribution in [-0.2, 0) is 9.59 Å². The lowest BCUT2D eigenvalue weighted by atomic mass is 10.2. The standard InChI is InChI=1S/C17H19BrN2O2/c18-15-3-1-2-13(12-15)4-7-16(21)19-8-10-20(11-9-19)17(22)14-5-6-14/h1-4,7,12,14H,5-6,8-11H2/b7-4+. The van der Waals surface area contributed by atoms with Gasteiger partial charge >= 0.3 is 0 Å². The predicted molar refractivity (Wildman–Crippen MR) is 89.1 cm³/mol. The van der Waals surface area contributed by atoms with Gasteiger partial charge in [0.25, 0.3) is 0 Å². The Bertz CT molecular complexity index is 602. The van der Waals surface area contributed by atoms with E-state index in [-0.39, 0.29) is 17.7 Å². The van der Waals surface area contributed by atoms with E-state index in [0.717, 1.165) is 22.9 Å². The Morgan fingerprint density at radius 3 is 2.41 bits per heavy atom. The smallest absolute Gasteiger partial charge is 0.246 e. The molecule has 1 saturated carbocycles. The molecule has 0 spiro atoms. The first-order valence-electron chi connectivity index (χ1n) is 7.65. The van der Waals surface area contributed by atoms with Gasteiger partial charge in [0, 0.05) is 42.6 Å². The van der Waals surface area contributed by atoms with Crippen LogP contribution in [0.1, 0.15) is 18.4 Å². The summed E-state index contributed by atoms with van der Waals surface area (Å²) >= 11 is 3.42. The molecule has 1 aliphatic heterocycles. The van der Waals surface area contributed by atoms with Crippen molar-refractivity contribution in [3.63, 3.8) is 0 Å². The van der Waals surface area contributed by atoms with Crippen molar-refractivity contribution in [2.75, 3.05) is 26.2 Å². The predicted octanol–water partition coefficient (Wildman–Crippen LogP) is 2.54. The third kappa shape index (κ3) is 3.77. The molecule has 1 aliphatic carbocycles. The lowest BCUT2D eigenvalue weighted by Gasteiger charge is -2.34. The van der Waals surface area contributed by atoms with E-state index in [1.165, 1.54) is 0 Å². The zero-order valence-electron chi connectivity index (χ0n) is 12.4. The number of carbonyl (C=O) groups is 2. The van der Waals surface area contributed by atoms with Crippen molar-refractivity contribution in [1.82, 2.24) is 9.80 Å². The first-order chi connectivity index (χ1) is 10.6. The third-order valence-corrected chi connectivity index (χ3v) is 4.59. The molecule has 2 fully saturated rings. The Morgan fingerprint density at radius 1 is 1.09 bits per heavy atom. The number of benzene rings is 1. The summed E-state index contributed by atoms with van der Waals surface area (Å²) in [5.74, 6) is 0.550. The van der Waals surface area contributed by atoms with Gasteiger partial charge in [-0.05, 0) is 36.6 Å². The summed E-state index contributed by atoms with van der Waals surface area (Å²) in [7, 11) is 0. The van der Waals surface area contributed by atoms with Crippen LogP contribution in [0.25, 0.3) is 6.08 Å². The normalized spacial score (nSPS) is 18.8. The van der Waals surface area contributed by atoms with Gasteiger partial charge in [-0.3, -0.25) is 9.59 Å². The van der Waals surface area contributed by atoms with Gasteiger partial charge in [-0.2, -0.15) is 0 Å². The highest BCUT2D eigenvalue weighted by molar-refractivity contribution is 9.10. The van der Waals surface area contributed by atoms with Gasteiger partial charge < -0.3 is 9.80 Å². The van der Waals surface area contributed by atoms with Crippen LogP contribution in [0.5, 0.6) is 0 Å². The minimum absolute atomic E-state index is 0.0125. The minimum atomic E-state index is 0.0125. The average Bonchev–Trinajstić information content (AvgIpc) is 3.37. The number of carbonyl (C=O) groups excluding carboxylic acids is 2. The Kier molecular flexibility index (Phi) is 4.62. The van der Waals surface area contributed by atoms with E-state index in [1.807, 2.05) is 40.1 Å². The molecular formula is C17H19BrN2O2. The van der Waals surface area contributed by atoms with Crippen LogP contribution in [0.3, 0.4) is 0 Å². The maximum atomic E-state index is 12.2. The Balaban J connectivity index is 1.52. The molecule has 0 radical (unpaired) electrons. The summed E-state index contributed by atoms with van der Waals surface area (Å²) in [5.41, 5.74) is 0.991. The fourth-order valence-electron chi connectivity index (χ4n) is 2.62. The van der Waals surface area contributed by atoms with E-state index in [1.54, 1.807) is 6.08 Å². The molecule has 2 aliphatic rings. The number of hydrogen-bond donors (Lipinski definition) is 0. The molecule has 4 nitrogen and oxygen atoms in total. The first-order valence-corrected chi connectivity index (χ1v) is 8.44. The highest BCUT2D eigenvalue weighted by Gasteiger charge is 2.34. The van der Waals surface area contributed by atoms with Gasteiger partial charge in [0.05, 0.1) is 0 Å². The molecule has 5 heteroatoms. The molecule has 1 aromatic rings. The van der Waals surface area contributed by atoms with Crippen molar-refractivity contribution < 1.29 is 9.59 Å². The molecule has 0 N–H and O–H groups in total. The molecule has 0 bridgehead atoms. The zero-order valence-corrected chi connectivity index (χ0v) is 14.0. The van der Waals surface area contributed by atoms with Gasteiger partial charge in [0.2, 0.25) is 11.8 Å². The summed E-state index contributed by atoms with van der Waals surface area (Å²) in [6, 6.07) is 7.82. The number of hydrogen-bond acceptors (Lipinski definition) is 2. The lowest BCUT2D eigenvalue weighted by Crippen LogP contribution is -2.50. The highest BCUT2D eigenvalue weighted by atomic mass is 79.9. The summed E-state index contributed by atoms with van der Waals surface area (Å²) in [6.07, 6.45) is 5.51. The number of piperazine rings is 1. The number of rotatable bonds is 3. The molecule has 1 aromatic carbocycles. The van der Waals surface area contributed by atoms with Crippen LogP contribution < -0.4 is 0 Å². The van der Waals surface area contributed by atoms with Crippen LogP contribution in [0, 0.1) is 5.92 Å². The maximum absolute atomic E-state index is 12.2. The summed E-state index contributed by atoms with van der Waals surface area (Å²) in [6.45, 7) is 2.57. The first kappa shape index (κ1) is 15.3. The van der Waals surface area contributed by atoms with Gasteiger partial charge in [0.15, 0.2) is 0 Å². The van der Waals surface area contributed by atoms with Crippen molar-refractivity contribution in [3.05, 3.63) is 40.4 Å². The Hall–Kier alpha value is -1.62. The van der Waals surface area contributed by atoms with Gasteiger partial charge in [-0.1, -0.05) is 28.1 Å². The molecule has 116 valence electrons. The Morgan fingerprint density at radius 2 is 1.77 bits per heavy atom. The summed E-state index contributed by atoms with van der Waals surface area (Å²) < 4.78 is 0.995. The molecule has 3 rings (SSSR count). The maximum Gasteiger partial charge on any atom is 0.246 e. The molecule has 0 aromatic heterocycles. The SMILES string of the molecule is O=C(/C=C/c1cccc(Br)c1)N1CCN(C(=O)C2CC2)CC1. The fraction of sp³-hybridized carbons (Fsp3) is 0.412. The van der Waals surface area contributed by atoms with Crippen LogP contribution in [0.2, 0.25) is 0 Å². The van der Waals surface area contributed by atoms with Gasteiger partial charge in [-0.15, -0.1) is 0 Å². The van der Waals surface area contributed by atoms with E-state index >= 15 is 0 Å². The monoisotopic (exact) mass is 362 g/mol. The second-order valence-corrected chi connectivity index (χ2v) is 6.73. The summed E-state index contributed by atoms with van der Waals surface area (Å²) in [4.78, 5) is 27.9. The molecule has 1 saturated heterocycles. The largest absolute Gasteiger partial charge is 0.339 e. The second-order valence-electron chi connectivity index (χ2n) is 5.81. The molecule has 22 heavy (non-hydrogen) atoms. The molecule has 2 amide bonds. The average molecular weight is 363 g/mol. The van der Waals surface area contributed by atoms with Crippen molar-refractivity contribution in [2.24, 2.45) is 5.92 Å². The van der Waals surface area contributed by atoms with E-state index in [0.29, 0.717) is 26.2 Å². The molecule has 0 unspecified atom stereocenters. The lowest BCUT2D eigenvalue weighted by molar-refractivity contribution is -0.138. The van der Waals surface area contributed by atoms with E-state index in [9.17, 15) is 9.59 Å². The highest BCUT2D eigenvalue weighted by Crippen LogP contribution is 2.31. The molecular weight excluding hydrogens is 344 g/mol. The van der Waals surface area contributed by atoms with Crippen LogP contribution in [-0.4, -0.2) is 47.8 Å². The Labute approximate surface area is 138 Å². The van der Waals surface area contributed by atoms with Gasteiger partial charge in [0.1, 0.15) is 0 Å². The summed E-state index contributed by atoms with van der Waals surface area (Å²) in [5, 5.41) is 0. The van der Waals surface area contributed by atoms with E-state index < -0.39 is 0 Å². The van der Waals surface area contributed by atoms with Crippen LogP contribution in [0.15, 0.2) is 34.8 Å². The fourth-order valence-corrected chi connectivity index (χ4v) is 3.04. The quantitative estimate of drug-likeness (QED) is 0.775. The number of amides is 2. The topological polar surface area (TPSA) is 40.6 Å². The van der Waals surface area contributed by atoms with Crippen LogP contribution in [0.4, 0.5) is 0 Å². The zero-order chi connectivity index (χ0) is 15.5. The van der Waals surface area contributed by atoms with Crippen molar-refractivity contribution >= 4 is 33.8 Å². The van der Waals surface area contributed by atoms with Crippen molar-refractivity contribution in [1.29, 1.82) is 0 Å². The minimum Gasteiger partial charge on any atom is -0.339 e. The van der Waals surface area contributed by atoms with Gasteiger partial charge in [-0.25, -0.2) is 0 Å². The van der Waals surface area contributed by atoms with Crippen molar-refractivity contribution in [3.8, 4) is 0 Å². The van der Waals surface area contributed by atoms with E-state index in [4.69, 9.17) is 0 Å².